The number of amides is 3. The highest BCUT2D eigenvalue weighted by Gasteiger charge is 2.41. The highest BCUT2D eigenvalue weighted by atomic mass is 35.5. The topological polar surface area (TPSA) is 69.7 Å². The van der Waals surface area contributed by atoms with Gasteiger partial charge >= 0.3 is 0 Å². The number of rotatable bonds is 5. The molecule has 0 radical (unpaired) electrons. The first kappa shape index (κ1) is 19.5. The highest BCUT2D eigenvalue weighted by Crippen LogP contribution is 2.24. The Bertz CT molecular complexity index is 945. The summed E-state index contributed by atoms with van der Waals surface area (Å²) in [6.07, 6.45) is 1.62. The second-order valence-electron chi connectivity index (χ2n) is 7.41. The van der Waals surface area contributed by atoms with Crippen molar-refractivity contribution in [2.45, 2.75) is 32.0 Å². The van der Waals surface area contributed by atoms with E-state index in [-0.39, 0.29) is 30.3 Å². The lowest BCUT2D eigenvalue weighted by Crippen LogP contribution is -2.56. The third kappa shape index (κ3) is 4.12. The average Bonchev–Trinajstić information content (AvgIpc) is 3.22. The van der Waals surface area contributed by atoms with Crippen LogP contribution in [0, 0.1) is 0 Å². The number of piperazine rings is 1. The Morgan fingerprint density at radius 1 is 1.10 bits per heavy atom. The van der Waals surface area contributed by atoms with Crippen LogP contribution >= 0.6 is 11.6 Å². The van der Waals surface area contributed by atoms with E-state index in [4.69, 9.17) is 11.6 Å². The van der Waals surface area contributed by atoms with Crippen molar-refractivity contribution in [1.82, 2.24) is 15.1 Å². The van der Waals surface area contributed by atoms with Gasteiger partial charge in [0, 0.05) is 30.2 Å². The van der Waals surface area contributed by atoms with Crippen molar-refractivity contribution >= 4 is 29.3 Å². The molecule has 2 heterocycles. The number of hydrogen-bond donors (Lipinski definition) is 1. The number of halogens is 1. The van der Waals surface area contributed by atoms with Gasteiger partial charge in [0.1, 0.15) is 12.6 Å². The third-order valence-electron chi connectivity index (χ3n) is 5.48. The first-order chi connectivity index (χ1) is 14.0. The van der Waals surface area contributed by atoms with Crippen molar-refractivity contribution in [2.75, 3.05) is 13.1 Å². The molecule has 0 spiro atoms. The van der Waals surface area contributed by atoms with Crippen molar-refractivity contribution in [3.63, 3.8) is 0 Å². The molecular formula is C22H22ClN3O3. The molecule has 2 aromatic carbocycles. The van der Waals surface area contributed by atoms with E-state index in [9.17, 15) is 14.4 Å². The fourth-order valence-corrected chi connectivity index (χ4v) is 4.10. The van der Waals surface area contributed by atoms with E-state index in [1.165, 1.54) is 0 Å². The van der Waals surface area contributed by atoms with Gasteiger partial charge in [-0.1, -0.05) is 41.9 Å². The summed E-state index contributed by atoms with van der Waals surface area (Å²) in [5.41, 5.74) is 2.28. The maximum atomic E-state index is 12.6. The predicted octanol–water partition coefficient (Wildman–Crippen LogP) is 2.60. The Hall–Kier alpha value is -2.86. The van der Waals surface area contributed by atoms with Crippen LogP contribution in [0.4, 0.5) is 0 Å². The van der Waals surface area contributed by atoms with Crippen molar-refractivity contribution in [3.05, 3.63) is 70.2 Å². The summed E-state index contributed by atoms with van der Waals surface area (Å²) in [6, 6.07) is 14.2. The van der Waals surface area contributed by atoms with Gasteiger partial charge in [-0.05, 0) is 42.2 Å². The van der Waals surface area contributed by atoms with Crippen LogP contribution in [0.3, 0.4) is 0 Å². The Morgan fingerprint density at radius 2 is 1.86 bits per heavy atom. The molecule has 2 saturated heterocycles. The van der Waals surface area contributed by atoms with Crippen molar-refractivity contribution < 1.29 is 14.4 Å². The number of nitrogens with one attached hydrogen (secondary N) is 1. The molecule has 2 fully saturated rings. The van der Waals surface area contributed by atoms with E-state index in [1.54, 1.807) is 28.0 Å². The molecule has 1 N–H and O–H groups in total. The molecule has 0 bridgehead atoms. The van der Waals surface area contributed by atoms with Gasteiger partial charge in [0.25, 0.3) is 5.91 Å². The molecule has 2 aliphatic heterocycles. The Morgan fingerprint density at radius 3 is 2.62 bits per heavy atom. The molecule has 2 aromatic rings. The minimum absolute atomic E-state index is 0.0164. The summed E-state index contributed by atoms with van der Waals surface area (Å²) in [6.45, 7) is 1.52. The lowest BCUT2D eigenvalue weighted by molar-refractivity contribution is -0.154. The van der Waals surface area contributed by atoms with Gasteiger partial charge in [0.05, 0.1) is 0 Å². The number of fused-ring (bicyclic) bond motifs is 1. The van der Waals surface area contributed by atoms with Gasteiger partial charge in [-0.15, -0.1) is 0 Å². The van der Waals surface area contributed by atoms with E-state index in [1.807, 2.05) is 30.3 Å². The van der Waals surface area contributed by atoms with Gasteiger partial charge in [0.15, 0.2) is 0 Å². The SMILES string of the molecule is O=C(NCc1ccccc1Cl)c1ccc(CN2CC(=O)N3CCCC3C2=O)cc1. The summed E-state index contributed by atoms with van der Waals surface area (Å²) in [5.74, 6) is -0.159. The second kappa shape index (κ2) is 8.25. The van der Waals surface area contributed by atoms with Gasteiger partial charge < -0.3 is 15.1 Å². The first-order valence-corrected chi connectivity index (χ1v) is 10.1. The average molecular weight is 412 g/mol. The van der Waals surface area contributed by atoms with Crippen molar-refractivity contribution in [3.8, 4) is 0 Å². The molecule has 7 heteroatoms. The standard InChI is InChI=1S/C22H22ClN3O3/c23-18-5-2-1-4-17(18)12-24-21(28)16-9-7-15(8-10-16)13-25-14-20(27)26-11-3-6-19(26)22(25)29/h1-2,4-5,7-10,19H,3,6,11-14H2,(H,24,28). The normalized spacial score (nSPS) is 18.7. The smallest absolute Gasteiger partial charge is 0.251 e. The van der Waals surface area contributed by atoms with Crippen LogP contribution in [0.1, 0.15) is 34.3 Å². The van der Waals surface area contributed by atoms with Gasteiger partial charge in [-0.2, -0.15) is 0 Å². The van der Waals surface area contributed by atoms with Crippen LogP contribution in [0.25, 0.3) is 0 Å². The molecule has 150 valence electrons. The molecule has 0 aromatic heterocycles. The number of benzene rings is 2. The summed E-state index contributed by atoms with van der Waals surface area (Å²) < 4.78 is 0. The fourth-order valence-electron chi connectivity index (χ4n) is 3.90. The Labute approximate surface area is 174 Å². The van der Waals surface area contributed by atoms with Gasteiger partial charge in [-0.3, -0.25) is 14.4 Å². The van der Waals surface area contributed by atoms with Crippen molar-refractivity contribution in [2.24, 2.45) is 0 Å². The third-order valence-corrected chi connectivity index (χ3v) is 5.85. The largest absolute Gasteiger partial charge is 0.348 e. The maximum absolute atomic E-state index is 12.6. The number of carbonyl (C=O) groups excluding carboxylic acids is 3. The molecule has 4 rings (SSSR count). The fraction of sp³-hybridized carbons (Fsp3) is 0.318. The number of hydrogen-bond acceptors (Lipinski definition) is 3. The molecule has 6 nitrogen and oxygen atoms in total. The Kier molecular flexibility index (Phi) is 5.53. The molecule has 29 heavy (non-hydrogen) atoms. The van der Waals surface area contributed by atoms with Crippen LogP contribution in [0.2, 0.25) is 5.02 Å². The predicted molar refractivity (Wildman–Crippen MR) is 109 cm³/mol. The minimum atomic E-state index is -0.300. The minimum Gasteiger partial charge on any atom is -0.348 e. The Balaban J connectivity index is 1.36. The molecular weight excluding hydrogens is 390 g/mol. The monoisotopic (exact) mass is 411 g/mol. The zero-order chi connectivity index (χ0) is 20.4. The van der Waals surface area contributed by atoms with Gasteiger partial charge in [-0.25, -0.2) is 0 Å². The zero-order valence-electron chi connectivity index (χ0n) is 15.9. The molecule has 0 aliphatic carbocycles. The van der Waals surface area contributed by atoms with E-state index in [0.717, 1.165) is 24.0 Å². The van der Waals surface area contributed by atoms with Gasteiger partial charge in [0.2, 0.25) is 11.8 Å². The van der Waals surface area contributed by atoms with Crippen LogP contribution in [0.15, 0.2) is 48.5 Å². The molecule has 2 aliphatic rings. The zero-order valence-corrected chi connectivity index (χ0v) is 16.7. The van der Waals surface area contributed by atoms with Crippen LogP contribution in [-0.4, -0.2) is 46.7 Å². The summed E-state index contributed by atoms with van der Waals surface area (Å²) >= 11 is 6.11. The molecule has 1 unspecified atom stereocenters. The summed E-state index contributed by atoms with van der Waals surface area (Å²) in [4.78, 5) is 40.6. The number of nitrogens with zero attached hydrogens (tertiary/aromatic N) is 2. The van der Waals surface area contributed by atoms with Crippen LogP contribution in [0.5, 0.6) is 0 Å². The summed E-state index contributed by atoms with van der Waals surface area (Å²) in [5, 5.41) is 3.47. The maximum Gasteiger partial charge on any atom is 0.251 e. The quantitative estimate of drug-likeness (QED) is 0.822. The molecule has 1 atom stereocenters. The van der Waals surface area contributed by atoms with Crippen LogP contribution < -0.4 is 5.32 Å². The number of carbonyl (C=O) groups is 3. The van der Waals surface area contributed by atoms with E-state index in [2.05, 4.69) is 5.32 Å². The highest BCUT2D eigenvalue weighted by molar-refractivity contribution is 6.31. The lowest BCUT2D eigenvalue weighted by Gasteiger charge is -2.36. The van der Waals surface area contributed by atoms with E-state index in [0.29, 0.717) is 30.2 Å². The molecule has 3 amide bonds. The first-order valence-electron chi connectivity index (χ1n) is 9.72. The molecule has 0 saturated carbocycles. The van der Waals surface area contributed by atoms with Crippen molar-refractivity contribution in [1.29, 1.82) is 0 Å². The second-order valence-corrected chi connectivity index (χ2v) is 7.82. The van der Waals surface area contributed by atoms with E-state index >= 15 is 0 Å². The van der Waals surface area contributed by atoms with Crippen LogP contribution in [-0.2, 0) is 22.7 Å². The van der Waals surface area contributed by atoms with E-state index < -0.39 is 0 Å². The summed E-state index contributed by atoms with van der Waals surface area (Å²) in [7, 11) is 0. The lowest BCUT2D eigenvalue weighted by atomic mass is 10.1.